The van der Waals surface area contributed by atoms with E-state index in [9.17, 15) is 0 Å². The van der Waals surface area contributed by atoms with E-state index in [-0.39, 0.29) is 6.04 Å². The average molecular weight is 278 g/mol. The van der Waals surface area contributed by atoms with Crippen molar-refractivity contribution >= 4 is 27.4 Å². The minimum absolute atomic E-state index is 0.241. The Morgan fingerprint density at radius 1 is 1.37 bits per heavy atom. The minimum Gasteiger partial charge on any atom is -0.358 e. The van der Waals surface area contributed by atoms with E-state index in [4.69, 9.17) is 5.73 Å². The van der Waals surface area contributed by atoms with Gasteiger partial charge in [0.25, 0.3) is 0 Å². The van der Waals surface area contributed by atoms with E-state index >= 15 is 0 Å². The second-order valence-corrected chi connectivity index (χ2v) is 6.29. The van der Waals surface area contributed by atoms with Gasteiger partial charge in [0.05, 0.1) is 10.2 Å². The van der Waals surface area contributed by atoms with Crippen molar-refractivity contribution in [3.8, 4) is 0 Å². The first kappa shape index (κ1) is 14.2. The molecule has 2 N–H and O–H groups in total. The van der Waals surface area contributed by atoms with E-state index in [2.05, 4.69) is 48.1 Å². The summed E-state index contributed by atoms with van der Waals surface area (Å²) in [6, 6.07) is 0.241. The molecule has 19 heavy (non-hydrogen) atoms. The van der Waals surface area contributed by atoms with Gasteiger partial charge >= 0.3 is 0 Å². The fourth-order valence-electron chi connectivity index (χ4n) is 2.01. The van der Waals surface area contributed by atoms with Crippen LogP contribution in [0.15, 0.2) is 11.7 Å². The molecule has 4 nitrogen and oxygen atoms in total. The molecule has 2 aromatic rings. The van der Waals surface area contributed by atoms with Gasteiger partial charge in [-0.1, -0.05) is 13.8 Å². The first-order valence-corrected chi connectivity index (χ1v) is 7.54. The summed E-state index contributed by atoms with van der Waals surface area (Å²) in [6.45, 7) is 7.33. The summed E-state index contributed by atoms with van der Waals surface area (Å²) >= 11 is 1.71. The molecule has 5 heteroatoms. The van der Waals surface area contributed by atoms with Crippen LogP contribution in [0.2, 0.25) is 0 Å². The van der Waals surface area contributed by atoms with Crippen LogP contribution in [0.25, 0.3) is 10.2 Å². The molecule has 1 unspecified atom stereocenters. The maximum Gasteiger partial charge on any atom is 0.149 e. The number of aryl methyl sites for hydroxylation is 1. The summed E-state index contributed by atoms with van der Waals surface area (Å²) in [5.41, 5.74) is 8.39. The van der Waals surface area contributed by atoms with Crippen LogP contribution in [0, 0.1) is 12.8 Å². The van der Waals surface area contributed by atoms with Crippen molar-refractivity contribution in [2.24, 2.45) is 11.7 Å². The Morgan fingerprint density at radius 2 is 2.11 bits per heavy atom. The third-order valence-electron chi connectivity index (χ3n) is 3.53. The van der Waals surface area contributed by atoms with Crippen molar-refractivity contribution in [1.29, 1.82) is 0 Å². The van der Waals surface area contributed by atoms with Crippen molar-refractivity contribution in [3.63, 3.8) is 0 Å². The van der Waals surface area contributed by atoms with Gasteiger partial charge in [-0.25, -0.2) is 9.97 Å². The Labute approximate surface area is 118 Å². The minimum atomic E-state index is 0.241. The molecule has 0 aliphatic heterocycles. The molecule has 0 fully saturated rings. The summed E-state index contributed by atoms with van der Waals surface area (Å²) in [5.74, 6) is 1.53. The number of rotatable bonds is 5. The molecular formula is C14H22N4S. The summed E-state index contributed by atoms with van der Waals surface area (Å²) in [7, 11) is 2.07. The highest BCUT2D eigenvalue weighted by Gasteiger charge is 2.14. The second-order valence-electron chi connectivity index (χ2n) is 5.41. The van der Waals surface area contributed by atoms with E-state index < -0.39 is 0 Å². The highest BCUT2D eigenvalue weighted by molar-refractivity contribution is 7.18. The number of thiophene rings is 1. The van der Waals surface area contributed by atoms with Gasteiger partial charge in [0.2, 0.25) is 0 Å². The normalized spacial score (nSPS) is 13.2. The molecule has 104 valence electrons. The van der Waals surface area contributed by atoms with Gasteiger partial charge in [0.15, 0.2) is 0 Å². The van der Waals surface area contributed by atoms with Crippen molar-refractivity contribution in [3.05, 3.63) is 17.3 Å². The van der Waals surface area contributed by atoms with Crippen LogP contribution in [-0.4, -0.2) is 29.6 Å². The third kappa shape index (κ3) is 3.04. The van der Waals surface area contributed by atoms with E-state index in [1.54, 1.807) is 17.7 Å². The third-order valence-corrected chi connectivity index (χ3v) is 4.61. The fraction of sp³-hybridized carbons (Fsp3) is 0.571. The lowest BCUT2D eigenvalue weighted by Gasteiger charge is -2.22. The van der Waals surface area contributed by atoms with Gasteiger partial charge in [0.1, 0.15) is 12.1 Å². The molecule has 0 radical (unpaired) electrons. The number of anilines is 1. The molecule has 0 aliphatic rings. The Morgan fingerprint density at radius 3 is 2.79 bits per heavy atom. The molecule has 1 atom stereocenters. The number of hydrogen-bond donors (Lipinski definition) is 1. The van der Waals surface area contributed by atoms with Gasteiger partial charge < -0.3 is 10.6 Å². The SMILES string of the molecule is Cc1csc2c(N(C)CCC(N)C(C)C)ncnc12. The maximum atomic E-state index is 6.10. The van der Waals surface area contributed by atoms with Gasteiger partial charge in [-0.2, -0.15) is 0 Å². The molecule has 0 aromatic carbocycles. The summed E-state index contributed by atoms with van der Waals surface area (Å²) in [4.78, 5) is 11.0. The lowest BCUT2D eigenvalue weighted by atomic mass is 10.0. The lowest BCUT2D eigenvalue weighted by Crippen LogP contribution is -2.32. The summed E-state index contributed by atoms with van der Waals surface area (Å²) in [6.07, 6.45) is 2.63. The van der Waals surface area contributed by atoms with Crippen LogP contribution >= 0.6 is 11.3 Å². The van der Waals surface area contributed by atoms with E-state index in [1.807, 2.05) is 0 Å². The second kappa shape index (κ2) is 5.84. The maximum absolute atomic E-state index is 6.10. The predicted molar refractivity (Wildman–Crippen MR) is 82.9 cm³/mol. The first-order valence-electron chi connectivity index (χ1n) is 6.66. The Kier molecular flexibility index (Phi) is 4.37. The molecule has 0 saturated heterocycles. The number of hydrogen-bond acceptors (Lipinski definition) is 5. The molecule has 0 spiro atoms. The lowest BCUT2D eigenvalue weighted by molar-refractivity contribution is 0.466. The molecule has 2 heterocycles. The summed E-state index contributed by atoms with van der Waals surface area (Å²) in [5, 5.41) is 2.14. The van der Waals surface area contributed by atoms with Crippen molar-refractivity contribution < 1.29 is 0 Å². The van der Waals surface area contributed by atoms with Gasteiger partial charge in [-0.15, -0.1) is 11.3 Å². The van der Waals surface area contributed by atoms with Crippen LogP contribution in [-0.2, 0) is 0 Å². The first-order chi connectivity index (χ1) is 9.00. The predicted octanol–water partition coefficient (Wildman–Crippen LogP) is 2.81. The Balaban J connectivity index is 2.15. The number of fused-ring (bicyclic) bond motifs is 1. The zero-order valence-electron chi connectivity index (χ0n) is 12.1. The van der Waals surface area contributed by atoms with Crippen molar-refractivity contribution in [2.75, 3.05) is 18.5 Å². The van der Waals surface area contributed by atoms with Crippen LogP contribution in [0.1, 0.15) is 25.8 Å². The molecule has 0 saturated carbocycles. The zero-order valence-corrected chi connectivity index (χ0v) is 12.9. The van der Waals surface area contributed by atoms with Gasteiger partial charge in [-0.05, 0) is 30.2 Å². The summed E-state index contributed by atoms with van der Waals surface area (Å²) < 4.78 is 1.17. The van der Waals surface area contributed by atoms with Crippen LogP contribution < -0.4 is 10.6 Å². The molecular weight excluding hydrogens is 256 g/mol. The number of nitrogens with two attached hydrogens (primary N) is 1. The average Bonchev–Trinajstić information content (AvgIpc) is 2.77. The topological polar surface area (TPSA) is 55.0 Å². The van der Waals surface area contributed by atoms with E-state index in [0.29, 0.717) is 5.92 Å². The molecule has 2 aromatic heterocycles. The Bertz CT molecular complexity index is 549. The molecule has 0 amide bonds. The quantitative estimate of drug-likeness (QED) is 0.913. The van der Waals surface area contributed by atoms with Gasteiger partial charge in [-0.3, -0.25) is 0 Å². The van der Waals surface area contributed by atoms with Crippen LogP contribution in [0.4, 0.5) is 5.82 Å². The highest BCUT2D eigenvalue weighted by Crippen LogP contribution is 2.30. The van der Waals surface area contributed by atoms with Crippen LogP contribution in [0.3, 0.4) is 0 Å². The molecule has 0 bridgehead atoms. The monoisotopic (exact) mass is 278 g/mol. The Hall–Kier alpha value is -1.20. The smallest absolute Gasteiger partial charge is 0.149 e. The van der Waals surface area contributed by atoms with Crippen molar-refractivity contribution in [2.45, 2.75) is 33.2 Å². The number of aromatic nitrogens is 2. The highest BCUT2D eigenvalue weighted by atomic mass is 32.1. The van der Waals surface area contributed by atoms with Crippen molar-refractivity contribution in [1.82, 2.24) is 9.97 Å². The number of nitrogens with zero attached hydrogens (tertiary/aromatic N) is 3. The fourth-order valence-corrected chi connectivity index (χ4v) is 3.06. The van der Waals surface area contributed by atoms with E-state index in [1.165, 1.54) is 10.3 Å². The molecule has 2 rings (SSSR count). The van der Waals surface area contributed by atoms with E-state index in [0.717, 1.165) is 24.3 Å². The largest absolute Gasteiger partial charge is 0.358 e. The van der Waals surface area contributed by atoms with Crippen LogP contribution in [0.5, 0.6) is 0 Å². The standard InChI is InChI=1S/C14H22N4S/c1-9(2)11(15)5-6-18(4)14-13-12(16-8-17-14)10(3)7-19-13/h7-9,11H,5-6,15H2,1-4H3. The van der Waals surface area contributed by atoms with Gasteiger partial charge in [0, 0.05) is 19.6 Å². The molecule has 0 aliphatic carbocycles. The zero-order chi connectivity index (χ0) is 14.0.